The van der Waals surface area contributed by atoms with Crippen LogP contribution in [0.4, 0.5) is 11.4 Å². The van der Waals surface area contributed by atoms with Crippen LogP contribution in [0, 0.1) is 11.3 Å². The normalized spacial score (nSPS) is 28.9. The Hall–Kier alpha value is -1.51. The fraction of sp³-hybridized carbons (Fsp3) is 0.562. The lowest BCUT2D eigenvalue weighted by atomic mass is 9.98. The van der Waals surface area contributed by atoms with Crippen LogP contribution >= 0.6 is 0 Å². The SMILES string of the molecule is CCC1(C)CC1C(=O)N1CCCc2c(N)cccc21. The van der Waals surface area contributed by atoms with Crippen molar-refractivity contribution in [2.75, 3.05) is 17.2 Å². The first kappa shape index (κ1) is 12.5. The second kappa shape index (κ2) is 4.26. The van der Waals surface area contributed by atoms with Gasteiger partial charge in [0.05, 0.1) is 0 Å². The van der Waals surface area contributed by atoms with E-state index in [0.29, 0.717) is 5.91 Å². The van der Waals surface area contributed by atoms with Crippen molar-refractivity contribution in [3.05, 3.63) is 23.8 Å². The Morgan fingerprint density at radius 2 is 2.32 bits per heavy atom. The molecule has 1 amide bonds. The summed E-state index contributed by atoms with van der Waals surface area (Å²) >= 11 is 0. The van der Waals surface area contributed by atoms with Crippen LogP contribution in [0.2, 0.25) is 0 Å². The zero-order valence-electron chi connectivity index (χ0n) is 11.8. The first-order valence-corrected chi connectivity index (χ1v) is 7.25. The lowest BCUT2D eigenvalue weighted by molar-refractivity contribution is -0.120. The third-order valence-electron chi connectivity index (χ3n) is 5.01. The maximum Gasteiger partial charge on any atom is 0.230 e. The predicted octanol–water partition coefficient (Wildman–Crippen LogP) is 2.98. The minimum Gasteiger partial charge on any atom is -0.398 e. The number of carbonyl (C=O) groups excluding carboxylic acids is 1. The third kappa shape index (κ3) is 1.92. The van der Waals surface area contributed by atoms with Gasteiger partial charge in [-0.1, -0.05) is 19.9 Å². The van der Waals surface area contributed by atoms with E-state index in [2.05, 4.69) is 13.8 Å². The predicted molar refractivity (Wildman–Crippen MR) is 78.0 cm³/mol. The summed E-state index contributed by atoms with van der Waals surface area (Å²) in [5, 5.41) is 0. The highest BCUT2D eigenvalue weighted by Crippen LogP contribution is 2.56. The fourth-order valence-electron chi connectivity index (χ4n) is 3.25. The first-order chi connectivity index (χ1) is 9.07. The highest BCUT2D eigenvalue weighted by molar-refractivity contribution is 5.99. The van der Waals surface area contributed by atoms with Gasteiger partial charge >= 0.3 is 0 Å². The van der Waals surface area contributed by atoms with Gasteiger partial charge in [0.2, 0.25) is 5.91 Å². The van der Waals surface area contributed by atoms with Gasteiger partial charge in [-0.05, 0) is 48.8 Å². The smallest absolute Gasteiger partial charge is 0.230 e. The number of hydrogen-bond donors (Lipinski definition) is 1. The molecule has 2 unspecified atom stereocenters. The molecule has 3 nitrogen and oxygen atoms in total. The van der Waals surface area contributed by atoms with Crippen LogP contribution in [-0.4, -0.2) is 12.5 Å². The van der Waals surface area contributed by atoms with Gasteiger partial charge in [-0.15, -0.1) is 0 Å². The lowest BCUT2D eigenvalue weighted by Gasteiger charge is -2.31. The van der Waals surface area contributed by atoms with Gasteiger partial charge in [-0.3, -0.25) is 4.79 Å². The van der Waals surface area contributed by atoms with Gasteiger partial charge in [0, 0.05) is 23.8 Å². The minimum atomic E-state index is 0.213. The van der Waals surface area contributed by atoms with Crippen LogP contribution in [0.3, 0.4) is 0 Å². The number of nitrogens with zero attached hydrogens (tertiary/aromatic N) is 1. The van der Waals surface area contributed by atoms with Gasteiger partial charge in [-0.25, -0.2) is 0 Å². The molecule has 3 heteroatoms. The molecule has 1 fully saturated rings. The molecule has 3 rings (SSSR count). The summed E-state index contributed by atoms with van der Waals surface area (Å²) in [6.45, 7) is 5.24. The van der Waals surface area contributed by atoms with Crippen molar-refractivity contribution in [3.8, 4) is 0 Å². The molecule has 102 valence electrons. The standard InChI is InChI=1S/C16H22N2O/c1-3-16(2)10-12(16)15(19)18-9-5-6-11-13(17)7-4-8-14(11)18/h4,7-8,12H,3,5-6,9-10,17H2,1-2H3. The van der Waals surface area contributed by atoms with Gasteiger partial charge in [0.15, 0.2) is 0 Å². The average Bonchev–Trinajstić information content (AvgIpc) is 3.11. The fourth-order valence-corrected chi connectivity index (χ4v) is 3.25. The second-order valence-corrected chi connectivity index (χ2v) is 6.20. The summed E-state index contributed by atoms with van der Waals surface area (Å²) in [7, 11) is 0. The summed E-state index contributed by atoms with van der Waals surface area (Å²) < 4.78 is 0. The molecule has 1 aliphatic carbocycles. The largest absolute Gasteiger partial charge is 0.398 e. The Morgan fingerprint density at radius 3 is 3.00 bits per heavy atom. The molecular formula is C16H22N2O. The van der Waals surface area contributed by atoms with E-state index < -0.39 is 0 Å². The van der Waals surface area contributed by atoms with E-state index in [1.54, 1.807) is 0 Å². The summed E-state index contributed by atoms with van der Waals surface area (Å²) in [4.78, 5) is 14.7. The van der Waals surface area contributed by atoms with E-state index in [1.807, 2.05) is 23.1 Å². The zero-order valence-corrected chi connectivity index (χ0v) is 11.8. The molecule has 2 aliphatic rings. The highest BCUT2D eigenvalue weighted by atomic mass is 16.2. The highest BCUT2D eigenvalue weighted by Gasteiger charge is 2.54. The number of hydrogen-bond acceptors (Lipinski definition) is 2. The quantitative estimate of drug-likeness (QED) is 0.829. The van der Waals surface area contributed by atoms with E-state index in [1.165, 1.54) is 0 Å². The van der Waals surface area contributed by atoms with E-state index >= 15 is 0 Å². The molecule has 1 heterocycles. The number of anilines is 2. The monoisotopic (exact) mass is 258 g/mol. The van der Waals surface area contributed by atoms with Crippen molar-refractivity contribution in [1.82, 2.24) is 0 Å². The number of rotatable bonds is 2. The molecule has 0 radical (unpaired) electrons. The van der Waals surface area contributed by atoms with Crippen molar-refractivity contribution in [3.63, 3.8) is 0 Å². The van der Waals surface area contributed by atoms with Crippen LogP contribution in [0.1, 0.15) is 38.7 Å². The zero-order chi connectivity index (χ0) is 13.6. The first-order valence-electron chi connectivity index (χ1n) is 7.25. The molecule has 1 aliphatic heterocycles. The summed E-state index contributed by atoms with van der Waals surface area (Å²) in [5.74, 6) is 0.515. The molecule has 2 atom stereocenters. The van der Waals surface area contributed by atoms with Gasteiger partial charge in [0.25, 0.3) is 0 Å². The molecule has 0 saturated heterocycles. The Kier molecular flexibility index (Phi) is 2.80. The molecule has 2 N–H and O–H groups in total. The van der Waals surface area contributed by atoms with Crippen LogP contribution in [-0.2, 0) is 11.2 Å². The van der Waals surface area contributed by atoms with Gasteiger partial charge in [-0.2, -0.15) is 0 Å². The third-order valence-corrected chi connectivity index (χ3v) is 5.01. The van der Waals surface area contributed by atoms with Crippen LogP contribution in [0.15, 0.2) is 18.2 Å². The molecule has 0 spiro atoms. The number of benzene rings is 1. The maximum atomic E-state index is 12.7. The van der Waals surface area contributed by atoms with Crippen LogP contribution in [0.5, 0.6) is 0 Å². The van der Waals surface area contributed by atoms with Crippen molar-refractivity contribution < 1.29 is 4.79 Å². The number of fused-ring (bicyclic) bond motifs is 1. The minimum absolute atomic E-state index is 0.213. The van der Waals surface area contributed by atoms with Gasteiger partial charge < -0.3 is 10.6 Å². The van der Waals surface area contributed by atoms with Crippen LogP contribution < -0.4 is 10.6 Å². The Labute approximate surface area is 114 Å². The second-order valence-electron chi connectivity index (χ2n) is 6.20. The number of nitrogens with two attached hydrogens (primary N) is 1. The average molecular weight is 258 g/mol. The van der Waals surface area contributed by atoms with Crippen molar-refractivity contribution in [2.45, 2.75) is 39.5 Å². The van der Waals surface area contributed by atoms with E-state index in [4.69, 9.17) is 5.73 Å². The van der Waals surface area contributed by atoms with Crippen molar-refractivity contribution >= 4 is 17.3 Å². The molecule has 1 saturated carbocycles. The Balaban J connectivity index is 1.89. The molecule has 1 aromatic carbocycles. The molecule has 19 heavy (non-hydrogen) atoms. The van der Waals surface area contributed by atoms with Crippen LogP contribution in [0.25, 0.3) is 0 Å². The summed E-state index contributed by atoms with van der Waals surface area (Å²) in [6, 6.07) is 5.92. The number of carbonyl (C=O) groups is 1. The molecule has 0 bridgehead atoms. The topological polar surface area (TPSA) is 46.3 Å². The van der Waals surface area contributed by atoms with E-state index in [9.17, 15) is 4.79 Å². The number of nitrogen functional groups attached to an aromatic ring is 1. The summed E-state index contributed by atoms with van der Waals surface area (Å²) in [6.07, 6.45) is 4.13. The molecule has 1 aromatic rings. The Morgan fingerprint density at radius 1 is 1.53 bits per heavy atom. The molecule has 0 aromatic heterocycles. The van der Waals surface area contributed by atoms with E-state index in [-0.39, 0.29) is 11.3 Å². The maximum absolute atomic E-state index is 12.7. The summed E-state index contributed by atoms with van der Waals surface area (Å²) in [5.41, 5.74) is 9.29. The lowest BCUT2D eigenvalue weighted by Crippen LogP contribution is -2.37. The van der Waals surface area contributed by atoms with Gasteiger partial charge in [0.1, 0.15) is 0 Å². The van der Waals surface area contributed by atoms with Crippen molar-refractivity contribution in [1.29, 1.82) is 0 Å². The molecular weight excluding hydrogens is 236 g/mol. The Bertz CT molecular complexity index is 525. The number of amides is 1. The van der Waals surface area contributed by atoms with E-state index in [0.717, 1.165) is 49.2 Å². The van der Waals surface area contributed by atoms with Crippen molar-refractivity contribution in [2.24, 2.45) is 11.3 Å².